The van der Waals surface area contributed by atoms with Crippen molar-refractivity contribution < 1.29 is 13.2 Å². The Hall–Kier alpha value is -1.92. The lowest BCUT2D eigenvalue weighted by molar-refractivity contribution is -0.128. The molecule has 1 unspecified atom stereocenters. The highest BCUT2D eigenvalue weighted by Crippen LogP contribution is 2.22. The maximum atomic E-state index is 12.8. The Balaban J connectivity index is 1.82. The van der Waals surface area contributed by atoms with E-state index in [9.17, 15) is 13.2 Å². The zero-order valence-corrected chi connectivity index (χ0v) is 16.6. The molecule has 2 aromatic rings. The molecule has 0 aliphatic carbocycles. The molecule has 6 heteroatoms. The molecule has 0 N–H and O–H groups in total. The third-order valence-corrected chi connectivity index (χ3v) is 6.64. The molecule has 1 amide bonds. The van der Waals surface area contributed by atoms with Gasteiger partial charge in [-0.05, 0) is 35.8 Å². The molecular weight excluding hydrogens is 414 g/mol. The van der Waals surface area contributed by atoms with Crippen LogP contribution in [0.2, 0.25) is 0 Å². The molecule has 0 saturated carbocycles. The normalized spacial score (nSPS) is 18.9. The first-order chi connectivity index (χ1) is 12.4. The first-order valence-corrected chi connectivity index (χ1v) is 11.0. The third-order valence-electron chi connectivity index (χ3n) is 4.39. The lowest BCUT2D eigenvalue weighted by Gasteiger charge is -2.27. The average molecular weight is 434 g/mol. The first kappa shape index (κ1) is 18.9. The van der Waals surface area contributed by atoms with Gasteiger partial charge in [-0.15, -0.1) is 0 Å². The average Bonchev–Trinajstić information content (AvgIpc) is 2.98. The summed E-state index contributed by atoms with van der Waals surface area (Å²) < 4.78 is 24.7. The summed E-state index contributed by atoms with van der Waals surface area (Å²) in [6.45, 7) is 0.386. The van der Waals surface area contributed by atoms with Crippen molar-refractivity contribution in [3.8, 4) is 0 Å². The molecule has 1 saturated heterocycles. The van der Waals surface area contributed by atoms with Gasteiger partial charge in [-0.25, -0.2) is 8.42 Å². The molecule has 2 aromatic carbocycles. The highest BCUT2D eigenvalue weighted by molar-refractivity contribution is 9.10. The van der Waals surface area contributed by atoms with Gasteiger partial charge in [-0.2, -0.15) is 0 Å². The lowest BCUT2D eigenvalue weighted by atomic mass is 10.1. The van der Waals surface area contributed by atoms with Gasteiger partial charge in [0.15, 0.2) is 9.84 Å². The highest BCUT2D eigenvalue weighted by atomic mass is 79.9. The summed E-state index contributed by atoms with van der Waals surface area (Å²) in [5, 5.41) is 0. The van der Waals surface area contributed by atoms with Crippen LogP contribution in [0.3, 0.4) is 0 Å². The van der Waals surface area contributed by atoms with E-state index in [2.05, 4.69) is 15.9 Å². The fourth-order valence-electron chi connectivity index (χ4n) is 3.07. The van der Waals surface area contributed by atoms with E-state index in [0.29, 0.717) is 13.0 Å². The highest BCUT2D eigenvalue weighted by Gasteiger charge is 2.34. The van der Waals surface area contributed by atoms with Crippen molar-refractivity contribution in [2.24, 2.45) is 0 Å². The molecule has 1 aliphatic heterocycles. The van der Waals surface area contributed by atoms with E-state index < -0.39 is 9.84 Å². The van der Waals surface area contributed by atoms with E-state index in [1.807, 2.05) is 54.6 Å². The van der Waals surface area contributed by atoms with Gasteiger partial charge in [0, 0.05) is 23.1 Å². The summed E-state index contributed by atoms with van der Waals surface area (Å²) in [7, 11) is -3.07. The van der Waals surface area contributed by atoms with Crippen LogP contribution in [-0.2, 0) is 21.2 Å². The maximum absolute atomic E-state index is 12.8. The van der Waals surface area contributed by atoms with E-state index in [1.165, 1.54) is 6.08 Å². The fraction of sp³-hybridized carbons (Fsp3) is 0.250. The van der Waals surface area contributed by atoms with Crippen molar-refractivity contribution in [2.75, 3.05) is 11.5 Å². The molecule has 3 rings (SSSR count). The fourth-order valence-corrected chi connectivity index (χ4v) is 5.24. The van der Waals surface area contributed by atoms with Gasteiger partial charge >= 0.3 is 0 Å². The van der Waals surface area contributed by atoms with E-state index in [4.69, 9.17) is 0 Å². The zero-order valence-electron chi connectivity index (χ0n) is 14.2. The maximum Gasteiger partial charge on any atom is 0.247 e. The van der Waals surface area contributed by atoms with Crippen LogP contribution in [0.4, 0.5) is 0 Å². The molecule has 26 heavy (non-hydrogen) atoms. The minimum Gasteiger partial charge on any atom is -0.331 e. The Kier molecular flexibility index (Phi) is 5.94. The molecular formula is C20H20BrNO3S. The van der Waals surface area contributed by atoms with E-state index >= 15 is 0 Å². The summed E-state index contributed by atoms with van der Waals surface area (Å²) in [6.07, 6.45) is 3.78. The number of sulfone groups is 1. The van der Waals surface area contributed by atoms with Crippen LogP contribution in [0.25, 0.3) is 6.08 Å². The number of benzene rings is 2. The van der Waals surface area contributed by atoms with E-state index in [1.54, 1.807) is 11.0 Å². The van der Waals surface area contributed by atoms with Crippen LogP contribution in [0.1, 0.15) is 17.5 Å². The number of rotatable bonds is 5. The number of hydrogen-bond acceptors (Lipinski definition) is 3. The minimum absolute atomic E-state index is 0.0337. The van der Waals surface area contributed by atoms with Crippen LogP contribution in [0.5, 0.6) is 0 Å². The molecule has 0 bridgehead atoms. The largest absolute Gasteiger partial charge is 0.331 e. The zero-order chi connectivity index (χ0) is 18.6. The lowest BCUT2D eigenvalue weighted by Crippen LogP contribution is -2.39. The van der Waals surface area contributed by atoms with Crippen LogP contribution in [0, 0.1) is 0 Å². The van der Waals surface area contributed by atoms with Crippen molar-refractivity contribution in [1.82, 2.24) is 4.90 Å². The Morgan fingerprint density at radius 1 is 1.15 bits per heavy atom. The molecule has 4 nitrogen and oxygen atoms in total. The second-order valence-electron chi connectivity index (χ2n) is 6.40. The number of hydrogen-bond donors (Lipinski definition) is 0. The van der Waals surface area contributed by atoms with Crippen LogP contribution in [-0.4, -0.2) is 36.8 Å². The number of nitrogens with zero attached hydrogens (tertiary/aromatic N) is 1. The standard InChI is InChI=1S/C20H20BrNO3S/c21-18-8-4-7-17(13-18)14-22(19-11-12-26(24,25)15-19)20(23)10-9-16-5-2-1-3-6-16/h1-10,13,19H,11-12,14-15H2. The van der Waals surface area contributed by atoms with E-state index in [0.717, 1.165) is 15.6 Å². The van der Waals surface area contributed by atoms with Crippen molar-refractivity contribution in [1.29, 1.82) is 0 Å². The van der Waals surface area contributed by atoms with Gasteiger partial charge in [-0.1, -0.05) is 58.4 Å². The topological polar surface area (TPSA) is 54.5 Å². The summed E-state index contributed by atoms with van der Waals surface area (Å²) >= 11 is 3.44. The van der Waals surface area contributed by atoms with Gasteiger partial charge < -0.3 is 4.90 Å². The van der Waals surface area contributed by atoms with Crippen molar-refractivity contribution >= 4 is 37.8 Å². The second kappa shape index (κ2) is 8.18. The Labute approximate surface area is 162 Å². The molecule has 0 radical (unpaired) electrons. The summed E-state index contributed by atoms with van der Waals surface area (Å²) in [4.78, 5) is 14.5. The Morgan fingerprint density at radius 2 is 1.92 bits per heavy atom. The predicted molar refractivity (Wildman–Crippen MR) is 107 cm³/mol. The Bertz CT molecular complexity index is 910. The van der Waals surface area contributed by atoms with E-state index in [-0.39, 0.29) is 23.5 Å². The van der Waals surface area contributed by atoms with Crippen molar-refractivity contribution in [3.63, 3.8) is 0 Å². The summed E-state index contributed by atoms with van der Waals surface area (Å²) in [5.41, 5.74) is 1.90. The molecule has 1 aliphatic rings. The molecule has 0 spiro atoms. The van der Waals surface area contributed by atoms with Gasteiger partial charge in [0.25, 0.3) is 0 Å². The first-order valence-electron chi connectivity index (χ1n) is 8.41. The van der Waals surface area contributed by atoms with Gasteiger partial charge in [-0.3, -0.25) is 4.79 Å². The van der Waals surface area contributed by atoms with Crippen LogP contribution in [0.15, 0.2) is 65.1 Å². The van der Waals surface area contributed by atoms with Gasteiger partial charge in [0.1, 0.15) is 0 Å². The van der Waals surface area contributed by atoms with Crippen LogP contribution >= 0.6 is 15.9 Å². The Morgan fingerprint density at radius 3 is 2.58 bits per heavy atom. The van der Waals surface area contributed by atoms with Gasteiger partial charge in [0.2, 0.25) is 5.91 Å². The quantitative estimate of drug-likeness (QED) is 0.675. The summed E-state index contributed by atoms with van der Waals surface area (Å²) in [6, 6.07) is 17.0. The number of carbonyl (C=O) groups excluding carboxylic acids is 1. The summed E-state index contributed by atoms with van der Waals surface area (Å²) in [5.74, 6) is 0.00442. The molecule has 1 atom stereocenters. The molecule has 1 fully saturated rings. The second-order valence-corrected chi connectivity index (χ2v) is 9.54. The number of carbonyl (C=O) groups is 1. The van der Waals surface area contributed by atoms with Crippen molar-refractivity contribution in [3.05, 3.63) is 76.3 Å². The third kappa shape index (κ3) is 5.05. The molecule has 0 aromatic heterocycles. The molecule has 1 heterocycles. The van der Waals surface area contributed by atoms with Crippen LogP contribution < -0.4 is 0 Å². The van der Waals surface area contributed by atoms with Gasteiger partial charge in [0.05, 0.1) is 11.5 Å². The molecule has 136 valence electrons. The van der Waals surface area contributed by atoms with Crippen molar-refractivity contribution in [2.45, 2.75) is 19.0 Å². The minimum atomic E-state index is -3.07. The number of halogens is 1. The monoisotopic (exact) mass is 433 g/mol. The SMILES string of the molecule is O=C(C=Cc1ccccc1)N(Cc1cccc(Br)c1)C1CCS(=O)(=O)C1. The number of amides is 1. The predicted octanol–water partition coefficient (Wildman–Crippen LogP) is 3.68. The smallest absolute Gasteiger partial charge is 0.247 e.